The number of para-hydroxylation sites is 1. The van der Waals surface area contributed by atoms with Gasteiger partial charge in [0.05, 0.1) is 18.1 Å². The summed E-state index contributed by atoms with van der Waals surface area (Å²) in [6, 6.07) is 13.7. The van der Waals surface area contributed by atoms with Gasteiger partial charge in [-0.05, 0) is 74.8 Å². The number of hydrogen-bond donors (Lipinski definition) is 2. The third-order valence-corrected chi connectivity index (χ3v) is 10.1. The molecule has 2 N–H and O–H groups in total. The number of aliphatic hydroxyl groups is 1. The van der Waals surface area contributed by atoms with Crippen molar-refractivity contribution in [3.63, 3.8) is 0 Å². The standard InChI is InChI=1S/C29H32N2O5.ClH/c1-34-20-10-9-18-15-21-29-12-11-28(33,24(36-29)25(32)30-19-5-3-2-4-6-19)26-27(29,22(18)23(20)35-26)13-14-31(21)16-17-7-8-17;/h2-6,9-10,17,21,24,26,33H,7-8,11-16H2,1H3,(H,30,32);1H/t21?,24-,26?,27?,28?,29?;/m1./s1. The van der Waals surface area contributed by atoms with Gasteiger partial charge in [-0.1, -0.05) is 24.3 Å². The molecular weight excluding hydrogens is 492 g/mol. The van der Waals surface area contributed by atoms with Crippen molar-refractivity contribution in [1.29, 1.82) is 0 Å². The number of fused-ring (bicyclic) bond motifs is 2. The smallest absolute Gasteiger partial charge is 0.256 e. The minimum Gasteiger partial charge on any atom is -0.493 e. The van der Waals surface area contributed by atoms with Crippen LogP contribution in [0.15, 0.2) is 42.5 Å². The van der Waals surface area contributed by atoms with Gasteiger partial charge in [0.2, 0.25) is 0 Å². The van der Waals surface area contributed by atoms with E-state index < -0.39 is 28.8 Å². The predicted octanol–water partition coefficient (Wildman–Crippen LogP) is 3.46. The van der Waals surface area contributed by atoms with Crippen LogP contribution in [0.5, 0.6) is 11.5 Å². The van der Waals surface area contributed by atoms with Gasteiger partial charge in [-0.3, -0.25) is 9.69 Å². The number of carbonyl (C=O) groups is 1. The SMILES string of the molecule is COc1ccc2c3c1OC1C4(O)CCC5(O[C@@H]4C(=O)Nc4ccccc4)C(C2)N(CC2CC2)CCC315.Cl. The minimum atomic E-state index is -1.43. The summed E-state index contributed by atoms with van der Waals surface area (Å²) in [5.74, 6) is 1.90. The number of amides is 1. The van der Waals surface area contributed by atoms with Gasteiger partial charge >= 0.3 is 0 Å². The van der Waals surface area contributed by atoms with E-state index >= 15 is 0 Å². The van der Waals surface area contributed by atoms with E-state index in [1.54, 1.807) is 7.11 Å². The Morgan fingerprint density at radius 1 is 1.16 bits per heavy atom. The number of methoxy groups -OCH3 is 1. The number of ether oxygens (including phenoxy) is 3. The van der Waals surface area contributed by atoms with Crippen LogP contribution in [0.3, 0.4) is 0 Å². The largest absolute Gasteiger partial charge is 0.493 e. The first-order chi connectivity index (χ1) is 17.5. The van der Waals surface area contributed by atoms with E-state index in [1.165, 1.54) is 18.4 Å². The van der Waals surface area contributed by atoms with Crippen LogP contribution in [0.4, 0.5) is 5.69 Å². The fraction of sp³-hybridized carbons (Fsp3) is 0.552. The lowest BCUT2D eigenvalue weighted by molar-refractivity contribution is -0.344. The summed E-state index contributed by atoms with van der Waals surface area (Å²) in [5, 5.41) is 15.3. The van der Waals surface area contributed by atoms with Gasteiger partial charge in [0.15, 0.2) is 17.6 Å². The van der Waals surface area contributed by atoms with Crippen LogP contribution >= 0.6 is 12.4 Å². The zero-order valence-corrected chi connectivity index (χ0v) is 21.8. The van der Waals surface area contributed by atoms with Gasteiger partial charge in [0, 0.05) is 23.8 Å². The van der Waals surface area contributed by atoms with Crippen molar-refractivity contribution in [2.24, 2.45) is 5.92 Å². The molecule has 2 aromatic carbocycles. The lowest BCUT2D eigenvalue weighted by atomic mass is 9.44. The average molecular weight is 525 g/mol. The van der Waals surface area contributed by atoms with Gasteiger partial charge in [-0.2, -0.15) is 0 Å². The van der Waals surface area contributed by atoms with Gasteiger partial charge in [0.25, 0.3) is 5.91 Å². The number of nitrogens with zero attached hydrogens (tertiary/aromatic N) is 1. The first kappa shape index (κ1) is 23.8. The fourth-order valence-corrected chi connectivity index (χ4v) is 8.48. The molecule has 0 radical (unpaired) electrons. The summed E-state index contributed by atoms with van der Waals surface area (Å²) in [6.45, 7) is 2.04. The van der Waals surface area contributed by atoms with Gasteiger partial charge < -0.3 is 24.6 Å². The van der Waals surface area contributed by atoms with Crippen LogP contribution in [0.25, 0.3) is 0 Å². The highest BCUT2D eigenvalue weighted by molar-refractivity contribution is 5.95. The van der Waals surface area contributed by atoms with Crippen LogP contribution in [-0.4, -0.2) is 65.6 Å². The Morgan fingerprint density at radius 3 is 2.73 bits per heavy atom. The van der Waals surface area contributed by atoms with E-state index in [9.17, 15) is 9.90 Å². The predicted molar refractivity (Wildman–Crippen MR) is 140 cm³/mol. The van der Waals surface area contributed by atoms with Crippen molar-refractivity contribution >= 4 is 24.0 Å². The Morgan fingerprint density at radius 2 is 1.97 bits per heavy atom. The zero-order chi connectivity index (χ0) is 24.3. The Balaban J connectivity index is 0.00000231. The molecule has 4 aliphatic heterocycles. The van der Waals surface area contributed by atoms with E-state index in [0.29, 0.717) is 17.9 Å². The molecule has 5 unspecified atom stereocenters. The molecule has 2 aromatic rings. The molecule has 5 fully saturated rings. The summed E-state index contributed by atoms with van der Waals surface area (Å²) in [4.78, 5) is 16.3. The first-order valence-electron chi connectivity index (χ1n) is 13.4. The fourth-order valence-electron chi connectivity index (χ4n) is 8.48. The third-order valence-electron chi connectivity index (χ3n) is 10.1. The number of benzene rings is 2. The Bertz CT molecular complexity index is 1270. The number of piperidine rings is 1. The molecule has 2 saturated carbocycles. The van der Waals surface area contributed by atoms with Gasteiger partial charge in [-0.25, -0.2) is 0 Å². The number of nitrogens with one attached hydrogen (secondary N) is 1. The van der Waals surface area contributed by atoms with Crippen molar-refractivity contribution in [3.05, 3.63) is 53.6 Å². The summed E-state index contributed by atoms with van der Waals surface area (Å²) < 4.78 is 19.5. The Labute approximate surface area is 222 Å². The molecule has 3 saturated heterocycles. The lowest BCUT2D eigenvalue weighted by Crippen LogP contribution is -2.87. The highest BCUT2D eigenvalue weighted by atomic mass is 35.5. The molecule has 196 valence electrons. The van der Waals surface area contributed by atoms with Crippen molar-refractivity contribution in [2.45, 2.75) is 73.4 Å². The van der Waals surface area contributed by atoms with E-state index in [4.69, 9.17) is 14.2 Å². The molecule has 37 heavy (non-hydrogen) atoms. The molecule has 3 aliphatic carbocycles. The number of rotatable bonds is 5. The van der Waals surface area contributed by atoms with Crippen LogP contribution in [0, 0.1) is 5.92 Å². The second-order valence-corrected chi connectivity index (χ2v) is 11.7. The molecule has 4 heterocycles. The molecule has 2 spiro atoms. The maximum Gasteiger partial charge on any atom is 0.256 e. The molecule has 6 atom stereocenters. The molecule has 4 bridgehead atoms. The van der Waals surface area contributed by atoms with Gasteiger partial charge in [-0.15, -0.1) is 12.4 Å². The Hall–Kier alpha value is -2.32. The number of anilines is 1. The molecule has 7 nitrogen and oxygen atoms in total. The van der Waals surface area contributed by atoms with Gasteiger partial charge in [0.1, 0.15) is 11.7 Å². The maximum atomic E-state index is 13.7. The first-order valence-corrected chi connectivity index (χ1v) is 13.4. The molecule has 9 rings (SSSR count). The second-order valence-electron chi connectivity index (χ2n) is 11.7. The van der Waals surface area contributed by atoms with E-state index in [-0.39, 0.29) is 24.4 Å². The number of likely N-dealkylation sites (tertiary alicyclic amines) is 1. The second kappa shape index (κ2) is 7.85. The molecule has 8 heteroatoms. The van der Waals surface area contributed by atoms with Crippen molar-refractivity contribution < 1.29 is 24.1 Å². The topological polar surface area (TPSA) is 80.3 Å². The molecule has 7 aliphatic rings. The van der Waals surface area contributed by atoms with Crippen LogP contribution in [0.1, 0.15) is 43.2 Å². The number of carbonyl (C=O) groups excluding carboxylic acids is 1. The summed E-state index contributed by atoms with van der Waals surface area (Å²) in [5.41, 5.74) is 0.637. The van der Waals surface area contributed by atoms with E-state index in [1.807, 2.05) is 36.4 Å². The third kappa shape index (κ3) is 2.86. The van der Waals surface area contributed by atoms with Crippen molar-refractivity contribution in [2.75, 3.05) is 25.5 Å². The summed E-state index contributed by atoms with van der Waals surface area (Å²) in [6.07, 6.45) is 3.96. The minimum absolute atomic E-state index is 0. The van der Waals surface area contributed by atoms with Crippen LogP contribution in [0.2, 0.25) is 0 Å². The van der Waals surface area contributed by atoms with Crippen molar-refractivity contribution in [1.82, 2.24) is 4.90 Å². The van der Waals surface area contributed by atoms with Crippen molar-refractivity contribution in [3.8, 4) is 11.5 Å². The Kier molecular flexibility index (Phi) is 5.05. The highest BCUT2D eigenvalue weighted by Crippen LogP contribution is 2.71. The normalized spacial score (nSPS) is 38.3. The average Bonchev–Trinajstić information content (AvgIpc) is 3.63. The van der Waals surface area contributed by atoms with Crippen LogP contribution < -0.4 is 14.8 Å². The highest BCUT2D eigenvalue weighted by Gasteiger charge is 2.82. The number of halogens is 1. The quantitative estimate of drug-likeness (QED) is 0.623. The maximum absolute atomic E-state index is 13.7. The molecule has 0 aromatic heterocycles. The molecule has 1 amide bonds. The van der Waals surface area contributed by atoms with E-state index in [0.717, 1.165) is 49.6 Å². The van der Waals surface area contributed by atoms with E-state index in [2.05, 4.69) is 16.3 Å². The summed E-state index contributed by atoms with van der Waals surface area (Å²) in [7, 11) is 1.66. The monoisotopic (exact) mass is 524 g/mol. The summed E-state index contributed by atoms with van der Waals surface area (Å²) >= 11 is 0. The van der Waals surface area contributed by atoms with Crippen LogP contribution in [-0.2, 0) is 21.4 Å². The zero-order valence-electron chi connectivity index (χ0n) is 20.9. The lowest BCUT2D eigenvalue weighted by Gasteiger charge is -2.72. The number of hydrogen-bond acceptors (Lipinski definition) is 6. The molecular formula is C29H33ClN2O5.